The first-order valence-electron chi connectivity index (χ1n) is 3.20. The molecule has 1 atom stereocenters. The number of esters is 1. The van der Waals surface area contributed by atoms with Gasteiger partial charge in [-0.05, 0) is 25.9 Å². The Kier molecular flexibility index (Phi) is 4.98. The van der Waals surface area contributed by atoms with Gasteiger partial charge in [0.15, 0.2) is 0 Å². The summed E-state index contributed by atoms with van der Waals surface area (Å²) >= 11 is 0.672. The van der Waals surface area contributed by atoms with Crippen molar-refractivity contribution < 1.29 is 14.1 Å². The maximum atomic E-state index is 10.8. The Morgan fingerprint density at radius 3 is 2.73 bits per heavy atom. The van der Waals surface area contributed by atoms with Crippen molar-refractivity contribution >= 4 is 18.0 Å². The molecule has 0 aromatic rings. The first kappa shape index (κ1) is 10.5. The lowest BCUT2D eigenvalue weighted by molar-refractivity contribution is -0.138. The molecule has 0 aliphatic rings. The molecule has 0 fully saturated rings. The van der Waals surface area contributed by atoms with Crippen molar-refractivity contribution in [3.63, 3.8) is 0 Å². The van der Waals surface area contributed by atoms with Crippen LogP contribution in [0.4, 0.5) is 0 Å². The van der Waals surface area contributed by atoms with Crippen LogP contribution in [0.5, 0.6) is 0 Å². The highest BCUT2D eigenvalue weighted by atomic mass is 32.2. The molecule has 0 aromatic heterocycles. The van der Waals surface area contributed by atoms with E-state index in [1.165, 1.54) is 0 Å². The van der Waals surface area contributed by atoms with E-state index in [2.05, 4.69) is 6.58 Å². The molecule has 0 spiro atoms. The van der Waals surface area contributed by atoms with Crippen LogP contribution < -0.4 is 0 Å². The summed E-state index contributed by atoms with van der Waals surface area (Å²) in [4.78, 5) is 10.8. The lowest BCUT2D eigenvalue weighted by atomic mass is 10.4. The van der Waals surface area contributed by atoms with Crippen molar-refractivity contribution in [2.24, 2.45) is 0 Å². The minimum atomic E-state index is -0.411. The average molecular weight is 176 g/mol. The zero-order valence-corrected chi connectivity index (χ0v) is 7.48. The Morgan fingerprint density at radius 1 is 1.82 bits per heavy atom. The highest BCUT2D eigenvalue weighted by Gasteiger charge is 2.06. The van der Waals surface area contributed by atoms with Crippen LogP contribution in [0, 0.1) is 0 Å². The number of rotatable bonds is 4. The molecule has 0 amide bonds. The van der Waals surface area contributed by atoms with Crippen molar-refractivity contribution in [3.05, 3.63) is 12.2 Å². The average Bonchev–Trinajstić information content (AvgIpc) is 1.99. The molecule has 1 unspecified atom stereocenters. The highest BCUT2D eigenvalue weighted by molar-refractivity contribution is 7.94. The number of ether oxygens (including phenoxy) is 1. The van der Waals surface area contributed by atoms with Crippen LogP contribution in [0.3, 0.4) is 0 Å². The summed E-state index contributed by atoms with van der Waals surface area (Å²) in [7, 11) is 0. The van der Waals surface area contributed by atoms with E-state index in [9.17, 15) is 4.79 Å². The molecule has 0 aliphatic heterocycles. The molecule has 64 valence electrons. The Hall–Kier alpha value is -0.480. The molecule has 1 N–H and O–H groups in total. The summed E-state index contributed by atoms with van der Waals surface area (Å²) in [5.41, 5.74) is 0.375. The zero-order valence-electron chi connectivity index (χ0n) is 6.66. The van der Waals surface area contributed by atoms with E-state index >= 15 is 0 Å². The van der Waals surface area contributed by atoms with Crippen molar-refractivity contribution in [1.29, 1.82) is 0 Å². The normalized spacial score (nSPS) is 12.3. The first-order valence-corrected chi connectivity index (χ1v) is 4.04. The second-order valence-electron chi connectivity index (χ2n) is 2.29. The molecule has 0 heterocycles. The van der Waals surface area contributed by atoms with Crippen molar-refractivity contribution in [2.75, 3.05) is 6.61 Å². The Balaban J connectivity index is 3.54. The molecule has 0 radical (unpaired) electrons. The number of carbonyl (C=O) groups excluding carboxylic acids is 1. The molecule has 0 aliphatic carbocycles. The molecule has 0 aromatic carbocycles. The summed E-state index contributed by atoms with van der Waals surface area (Å²) in [5, 5.41) is -0.0849. The third-order valence-corrected chi connectivity index (χ3v) is 1.47. The summed E-state index contributed by atoms with van der Waals surface area (Å²) in [6, 6.07) is 0. The lowest BCUT2D eigenvalue weighted by Gasteiger charge is -2.07. The van der Waals surface area contributed by atoms with E-state index in [0.29, 0.717) is 17.6 Å². The fraction of sp³-hybridized carbons (Fsp3) is 0.571. The molecular formula is C7H12O3S. The van der Waals surface area contributed by atoms with Crippen LogP contribution in [0.1, 0.15) is 13.8 Å². The topological polar surface area (TPSA) is 46.5 Å². The van der Waals surface area contributed by atoms with Gasteiger partial charge < -0.3 is 9.29 Å². The minimum absolute atomic E-state index is 0.0849. The van der Waals surface area contributed by atoms with E-state index < -0.39 is 5.97 Å². The van der Waals surface area contributed by atoms with Crippen molar-refractivity contribution in [2.45, 2.75) is 19.1 Å². The van der Waals surface area contributed by atoms with Gasteiger partial charge >= 0.3 is 5.97 Å². The lowest BCUT2D eigenvalue weighted by Crippen LogP contribution is -2.13. The molecular weight excluding hydrogens is 164 g/mol. The molecule has 0 rings (SSSR count). The third kappa shape index (κ3) is 4.86. The maximum absolute atomic E-state index is 10.8. The second-order valence-corrected chi connectivity index (χ2v) is 3.31. The SMILES string of the molecule is C=C(C)C(=O)OCC(C)SO. The molecule has 0 bridgehead atoms. The second kappa shape index (κ2) is 5.21. The van der Waals surface area contributed by atoms with Gasteiger partial charge in [0.2, 0.25) is 0 Å². The Morgan fingerprint density at radius 2 is 2.36 bits per heavy atom. The maximum Gasteiger partial charge on any atom is 0.333 e. The Bertz CT molecular complexity index is 156. The van der Waals surface area contributed by atoms with Crippen LogP contribution in [0.25, 0.3) is 0 Å². The fourth-order valence-corrected chi connectivity index (χ4v) is 0.476. The van der Waals surface area contributed by atoms with E-state index in [-0.39, 0.29) is 11.9 Å². The van der Waals surface area contributed by atoms with Gasteiger partial charge in [-0.15, -0.1) is 0 Å². The molecule has 11 heavy (non-hydrogen) atoms. The molecule has 0 saturated heterocycles. The van der Waals surface area contributed by atoms with Crippen LogP contribution in [0.15, 0.2) is 12.2 Å². The summed E-state index contributed by atoms with van der Waals surface area (Å²) in [6.07, 6.45) is 0. The Labute approximate surface area is 70.6 Å². The van der Waals surface area contributed by atoms with Gasteiger partial charge in [-0.3, -0.25) is 0 Å². The van der Waals surface area contributed by atoms with Crippen LogP contribution >= 0.6 is 12.0 Å². The minimum Gasteiger partial charge on any atom is -0.461 e. The standard InChI is InChI=1S/C7H12O3S/c1-5(2)7(8)10-4-6(3)11-9/h6,9H,1,4H2,2-3H3. The van der Waals surface area contributed by atoms with E-state index in [1.54, 1.807) is 13.8 Å². The van der Waals surface area contributed by atoms with Gasteiger partial charge in [0.25, 0.3) is 0 Å². The predicted molar refractivity (Wildman–Crippen MR) is 45.5 cm³/mol. The van der Waals surface area contributed by atoms with Crippen LogP contribution in [-0.2, 0) is 9.53 Å². The first-order chi connectivity index (χ1) is 5.07. The van der Waals surface area contributed by atoms with Gasteiger partial charge in [-0.2, -0.15) is 0 Å². The van der Waals surface area contributed by atoms with Crippen molar-refractivity contribution in [1.82, 2.24) is 0 Å². The van der Waals surface area contributed by atoms with Crippen LogP contribution in [-0.4, -0.2) is 22.4 Å². The van der Waals surface area contributed by atoms with E-state index in [1.807, 2.05) is 0 Å². The smallest absolute Gasteiger partial charge is 0.333 e. The molecule has 4 heteroatoms. The monoisotopic (exact) mass is 176 g/mol. The quantitative estimate of drug-likeness (QED) is 0.402. The van der Waals surface area contributed by atoms with Crippen molar-refractivity contribution in [3.8, 4) is 0 Å². The van der Waals surface area contributed by atoms with E-state index in [4.69, 9.17) is 9.29 Å². The summed E-state index contributed by atoms with van der Waals surface area (Å²) < 4.78 is 13.2. The largest absolute Gasteiger partial charge is 0.461 e. The van der Waals surface area contributed by atoms with Gasteiger partial charge in [0, 0.05) is 5.57 Å². The van der Waals surface area contributed by atoms with Crippen LogP contribution in [0.2, 0.25) is 0 Å². The summed E-state index contributed by atoms with van der Waals surface area (Å²) in [5.74, 6) is -0.411. The van der Waals surface area contributed by atoms with E-state index in [0.717, 1.165) is 0 Å². The fourth-order valence-electron chi connectivity index (χ4n) is 0.347. The molecule has 3 nitrogen and oxygen atoms in total. The number of hydrogen-bond donors (Lipinski definition) is 1. The van der Waals surface area contributed by atoms with Gasteiger partial charge in [-0.1, -0.05) is 6.58 Å². The summed E-state index contributed by atoms with van der Waals surface area (Å²) in [6.45, 7) is 6.97. The van der Waals surface area contributed by atoms with Gasteiger partial charge in [0.05, 0.1) is 5.25 Å². The van der Waals surface area contributed by atoms with Gasteiger partial charge in [-0.25, -0.2) is 4.79 Å². The third-order valence-electron chi connectivity index (χ3n) is 0.978. The van der Waals surface area contributed by atoms with Gasteiger partial charge in [0.1, 0.15) is 6.61 Å². The highest BCUT2D eigenvalue weighted by Crippen LogP contribution is 2.05. The molecule has 0 saturated carbocycles. The predicted octanol–water partition coefficient (Wildman–Crippen LogP) is 1.70. The zero-order chi connectivity index (χ0) is 8.85. The number of hydrogen-bond acceptors (Lipinski definition) is 4. The number of carbonyl (C=O) groups is 1.